The minimum atomic E-state index is -0.191. The van der Waals surface area contributed by atoms with E-state index in [-0.39, 0.29) is 29.8 Å². The summed E-state index contributed by atoms with van der Waals surface area (Å²) in [5.41, 5.74) is 0.981. The highest BCUT2D eigenvalue weighted by atomic mass is 127. The largest absolute Gasteiger partial charge is 0.382 e. The number of hydrogen-bond donors (Lipinski definition) is 2. The molecule has 6 heteroatoms. The molecule has 0 atom stereocenters. The number of rotatable bonds is 9. The molecule has 0 aliphatic heterocycles. The first kappa shape index (κ1) is 21.1. The van der Waals surface area contributed by atoms with Crippen molar-refractivity contribution in [3.63, 3.8) is 0 Å². The van der Waals surface area contributed by atoms with Crippen molar-refractivity contribution in [2.24, 2.45) is 4.99 Å². The molecule has 22 heavy (non-hydrogen) atoms. The molecule has 0 amide bonds. The van der Waals surface area contributed by atoms with Crippen LogP contribution >= 0.6 is 24.0 Å². The highest BCUT2D eigenvalue weighted by Crippen LogP contribution is 2.03. The molecule has 0 heterocycles. The fourth-order valence-electron chi connectivity index (χ4n) is 1.86. The summed E-state index contributed by atoms with van der Waals surface area (Å²) in [4.78, 5) is 4.47. The van der Waals surface area contributed by atoms with Crippen molar-refractivity contribution in [2.75, 3.05) is 32.8 Å². The quantitative estimate of drug-likeness (QED) is 0.278. The maximum absolute atomic E-state index is 13.1. The van der Waals surface area contributed by atoms with E-state index in [1.165, 1.54) is 6.07 Å². The number of nitrogens with one attached hydrogen (secondary N) is 2. The Bertz CT molecular complexity index is 430. The van der Waals surface area contributed by atoms with Gasteiger partial charge in [0.25, 0.3) is 0 Å². The standard InChI is InChI=1S/C16H26FN3O.HI/c1-3-18-16(19-10-6-12-21-4-2)20-11-9-14-7-5-8-15(17)13-14;/h5,7-8,13H,3-4,6,9-12H2,1-2H3,(H2,18,19,20);1H. The third-order valence-corrected chi connectivity index (χ3v) is 2.86. The second-order valence-electron chi connectivity index (χ2n) is 4.62. The van der Waals surface area contributed by atoms with E-state index in [0.29, 0.717) is 0 Å². The molecule has 0 aliphatic carbocycles. The van der Waals surface area contributed by atoms with Gasteiger partial charge in [0, 0.05) is 32.8 Å². The van der Waals surface area contributed by atoms with Gasteiger partial charge in [-0.05, 0) is 44.4 Å². The minimum Gasteiger partial charge on any atom is -0.382 e. The molecule has 0 saturated carbocycles. The molecule has 0 aromatic heterocycles. The summed E-state index contributed by atoms with van der Waals surface area (Å²) in [5, 5.41) is 6.45. The van der Waals surface area contributed by atoms with Gasteiger partial charge < -0.3 is 15.4 Å². The minimum absolute atomic E-state index is 0. The molecule has 0 aliphatic rings. The van der Waals surface area contributed by atoms with Gasteiger partial charge >= 0.3 is 0 Å². The summed E-state index contributed by atoms with van der Waals surface area (Å²) in [6, 6.07) is 6.68. The van der Waals surface area contributed by atoms with Crippen LogP contribution in [0.15, 0.2) is 29.3 Å². The number of guanidine groups is 1. The van der Waals surface area contributed by atoms with E-state index in [9.17, 15) is 4.39 Å². The maximum atomic E-state index is 13.1. The SMILES string of the molecule is CCNC(=NCCCOCC)NCCc1cccc(F)c1.I. The number of hydrogen-bond acceptors (Lipinski definition) is 2. The second-order valence-corrected chi connectivity index (χ2v) is 4.62. The molecule has 1 aromatic carbocycles. The van der Waals surface area contributed by atoms with Crippen LogP contribution in [-0.2, 0) is 11.2 Å². The molecule has 0 bridgehead atoms. The fourth-order valence-corrected chi connectivity index (χ4v) is 1.86. The van der Waals surface area contributed by atoms with Gasteiger partial charge in [0.1, 0.15) is 5.82 Å². The van der Waals surface area contributed by atoms with Crippen LogP contribution in [0, 0.1) is 5.82 Å². The molecule has 0 unspecified atom stereocenters. The molecule has 0 fully saturated rings. The van der Waals surface area contributed by atoms with Crippen LogP contribution in [-0.4, -0.2) is 38.8 Å². The Morgan fingerprint density at radius 1 is 1.27 bits per heavy atom. The van der Waals surface area contributed by atoms with Crippen molar-refractivity contribution in [2.45, 2.75) is 26.7 Å². The van der Waals surface area contributed by atoms with Crippen molar-refractivity contribution in [1.82, 2.24) is 10.6 Å². The average molecular weight is 423 g/mol. The monoisotopic (exact) mass is 423 g/mol. The Kier molecular flexibility index (Phi) is 13.2. The van der Waals surface area contributed by atoms with Gasteiger partial charge in [0.05, 0.1) is 0 Å². The van der Waals surface area contributed by atoms with E-state index in [4.69, 9.17) is 4.74 Å². The Morgan fingerprint density at radius 3 is 2.77 bits per heavy atom. The Labute approximate surface area is 149 Å². The van der Waals surface area contributed by atoms with E-state index < -0.39 is 0 Å². The molecule has 1 aromatic rings. The first-order valence-corrected chi connectivity index (χ1v) is 7.60. The molecule has 0 spiro atoms. The average Bonchev–Trinajstić information content (AvgIpc) is 2.47. The lowest BCUT2D eigenvalue weighted by atomic mass is 10.1. The number of nitrogens with zero attached hydrogens (tertiary/aromatic N) is 1. The first-order chi connectivity index (χ1) is 10.3. The lowest BCUT2D eigenvalue weighted by Crippen LogP contribution is -2.38. The lowest BCUT2D eigenvalue weighted by molar-refractivity contribution is 0.146. The van der Waals surface area contributed by atoms with E-state index >= 15 is 0 Å². The zero-order chi connectivity index (χ0) is 15.3. The summed E-state index contributed by atoms with van der Waals surface area (Å²) in [5.74, 6) is 0.606. The van der Waals surface area contributed by atoms with Crippen LogP contribution in [0.5, 0.6) is 0 Å². The summed E-state index contributed by atoms with van der Waals surface area (Å²) in [6.45, 7) is 7.77. The van der Waals surface area contributed by atoms with E-state index in [0.717, 1.165) is 57.2 Å². The molecular weight excluding hydrogens is 396 g/mol. The maximum Gasteiger partial charge on any atom is 0.191 e. The second kappa shape index (κ2) is 13.8. The number of benzene rings is 1. The molecule has 126 valence electrons. The van der Waals surface area contributed by atoms with Crippen molar-refractivity contribution >= 4 is 29.9 Å². The lowest BCUT2D eigenvalue weighted by Gasteiger charge is -2.11. The zero-order valence-corrected chi connectivity index (χ0v) is 15.7. The third kappa shape index (κ3) is 9.94. The van der Waals surface area contributed by atoms with Crippen LogP contribution in [0.3, 0.4) is 0 Å². The van der Waals surface area contributed by atoms with Crippen molar-refractivity contribution in [3.05, 3.63) is 35.6 Å². The fraction of sp³-hybridized carbons (Fsp3) is 0.562. The summed E-state index contributed by atoms with van der Waals surface area (Å²) >= 11 is 0. The van der Waals surface area contributed by atoms with Crippen LogP contribution in [0.25, 0.3) is 0 Å². The van der Waals surface area contributed by atoms with E-state index in [1.807, 2.05) is 19.9 Å². The molecule has 1 rings (SSSR count). The van der Waals surface area contributed by atoms with Crippen LogP contribution < -0.4 is 10.6 Å². The highest BCUT2D eigenvalue weighted by Gasteiger charge is 1.98. The van der Waals surface area contributed by atoms with Crippen molar-refractivity contribution in [3.8, 4) is 0 Å². The Hall–Kier alpha value is -0.890. The predicted octanol–water partition coefficient (Wildman–Crippen LogP) is 2.97. The van der Waals surface area contributed by atoms with Gasteiger partial charge in [-0.3, -0.25) is 4.99 Å². The number of aliphatic imine (C=N–C) groups is 1. The molecule has 2 N–H and O–H groups in total. The summed E-state index contributed by atoms with van der Waals surface area (Å²) in [7, 11) is 0. The molecule has 4 nitrogen and oxygen atoms in total. The molecule has 0 saturated heterocycles. The van der Waals surface area contributed by atoms with Gasteiger partial charge in [-0.15, -0.1) is 24.0 Å². The van der Waals surface area contributed by atoms with Gasteiger partial charge in [-0.1, -0.05) is 12.1 Å². The number of halogens is 2. The highest BCUT2D eigenvalue weighted by molar-refractivity contribution is 14.0. The third-order valence-electron chi connectivity index (χ3n) is 2.86. The van der Waals surface area contributed by atoms with Crippen molar-refractivity contribution in [1.29, 1.82) is 0 Å². The van der Waals surface area contributed by atoms with Crippen molar-refractivity contribution < 1.29 is 9.13 Å². The normalized spacial score (nSPS) is 11.0. The van der Waals surface area contributed by atoms with Gasteiger partial charge in [0.2, 0.25) is 0 Å². The predicted molar refractivity (Wildman–Crippen MR) is 101 cm³/mol. The van der Waals surface area contributed by atoms with Gasteiger partial charge in [0.15, 0.2) is 5.96 Å². The van der Waals surface area contributed by atoms with Gasteiger partial charge in [-0.2, -0.15) is 0 Å². The topological polar surface area (TPSA) is 45.7 Å². The van der Waals surface area contributed by atoms with E-state index in [2.05, 4.69) is 15.6 Å². The molecule has 0 radical (unpaired) electrons. The van der Waals surface area contributed by atoms with Crippen LogP contribution in [0.4, 0.5) is 4.39 Å². The number of ether oxygens (including phenoxy) is 1. The first-order valence-electron chi connectivity index (χ1n) is 7.60. The summed E-state index contributed by atoms with van der Waals surface area (Å²) in [6.07, 6.45) is 1.68. The zero-order valence-electron chi connectivity index (χ0n) is 13.4. The van der Waals surface area contributed by atoms with Gasteiger partial charge in [-0.25, -0.2) is 4.39 Å². The summed E-state index contributed by atoms with van der Waals surface area (Å²) < 4.78 is 18.4. The Morgan fingerprint density at radius 2 is 2.09 bits per heavy atom. The van der Waals surface area contributed by atoms with E-state index in [1.54, 1.807) is 12.1 Å². The smallest absolute Gasteiger partial charge is 0.191 e. The van der Waals surface area contributed by atoms with Crippen LogP contribution in [0.1, 0.15) is 25.8 Å². The molecular formula is C16H27FIN3O. The van der Waals surface area contributed by atoms with Crippen LogP contribution in [0.2, 0.25) is 0 Å². The Balaban J connectivity index is 0.00000441.